The lowest BCUT2D eigenvalue weighted by Crippen LogP contribution is -2.34. The summed E-state index contributed by atoms with van der Waals surface area (Å²) in [5.74, 6) is -1.59. The molecule has 1 fully saturated rings. The fourth-order valence-corrected chi connectivity index (χ4v) is 2.81. The minimum absolute atomic E-state index is 0.104. The van der Waals surface area contributed by atoms with Gasteiger partial charge in [0.1, 0.15) is 0 Å². The van der Waals surface area contributed by atoms with Gasteiger partial charge in [0.15, 0.2) is 11.6 Å². The monoisotopic (exact) mass is 239 g/mol. The molecular formula is C14H19F2N. The topological polar surface area (TPSA) is 26.0 Å². The maximum atomic E-state index is 13.7. The van der Waals surface area contributed by atoms with E-state index in [1.165, 1.54) is 12.5 Å². The lowest BCUT2D eigenvalue weighted by molar-refractivity contribution is 0.167. The molecule has 0 heterocycles. The fourth-order valence-electron chi connectivity index (χ4n) is 2.81. The predicted octanol–water partition coefficient (Wildman–Crippen LogP) is 3.94. The Bertz CT molecular complexity index is 397. The van der Waals surface area contributed by atoms with Gasteiger partial charge in [-0.25, -0.2) is 8.78 Å². The van der Waals surface area contributed by atoms with E-state index in [0.29, 0.717) is 5.56 Å². The van der Waals surface area contributed by atoms with Crippen LogP contribution in [0.15, 0.2) is 18.2 Å². The SMILES string of the molecule is CC1(C(N)c2cccc(F)c2F)CCCCC1. The van der Waals surface area contributed by atoms with Crippen molar-refractivity contribution in [2.24, 2.45) is 11.1 Å². The Kier molecular flexibility index (Phi) is 3.48. The summed E-state index contributed by atoms with van der Waals surface area (Å²) in [7, 11) is 0. The van der Waals surface area contributed by atoms with E-state index in [2.05, 4.69) is 6.92 Å². The van der Waals surface area contributed by atoms with Crippen molar-refractivity contribution in [3.8, 4) is 0 Å². The Labute approximate surface area is 101 Å². The second-order valence-electron chi connectivity index (χ2n) is 5.34. The zero-order valence-electron chi connectivity index (χ0n) is 10.2. The van der Waals surface area contributed by atoms with Crippen LogP contribution in [0.2, 0.25) is 0 Å². The Morgan fingerprint density at radius 3 is 2.47 bits per heavy atom. The standard InChI is InChI=1S/C14H19F2N/c1-14(8-3-2-4-9-14)13(17)10-6-5-7-11(15)12(10)16/h5-7,13H,2-4,8-9,17H2,1H3. The summed E-state index contributed by atoms with van der Waals surface area (Å²) >= 11 is 0. The normalized spacial score (nSPS) is 21.2. The summed E-state index contributed by atoms with van der Waals surface area (Å²) in [5, 5.41) is 0. The first-order valence-corrected chi connectivity index (χ1v) is 6.24. The molecule has 1 saturated carbocycles. The first-order chi connectivity index (χ1) is 8.04. The average Bonchev–Trinajstić information content (AvgIpc) is 2.33. The molecule has 1 atom stereocenters. The van der Waals surface area contributed by atoms with Crippen molar-refractivity contribution in [3.63, 3.8) is 0 Å². The van der Waals surface area contributed by atoms with Crippen LogP contribution in [0, 0.1) is 17.0 Å². The molecule has 0 spiro atoms. The Morgan fingerprint density at radius 1 is 1.18 bits per heavy atom. The molecule has 1 aromatic rings. The van der Waals surface area contributed by atoms with Crippen LogP contribution in [0.5, 0.6) is 0 Å². The maximum absolute atomic E-state index is 13.7. The van der Waals surface area contributed by atoms with Gasteiger partial charge in [-0.05, 0) is 24.3 Å². The molecule has 0 saturated heterocycles. The Balaban J connectivity index is 2.29. The number of rotatable bonds is 2. The third kappa shape index (κ3) is 2.34. The van der Waals surface area contributed by atoms with Crippen LogP contribution in [-0.4, -0.2) is 0 Å². The molecule has 0 aliphatic heterocycles. The predicted molar refractivity (Wildman–Crippen MR) is 64.5 cm³/mol. The summed E-state index contributed by atoms with van der Waals surface area (Å²) in [4.78, 5) is 0. The second kappa shape index (κ2) is 4.73. The van der Waals surface area contributed by atoms with E-state index in [1.807, 2.05) is 0 Å². The van der Waals surface area contributed by atoms with Crippen LogP contribution in [-0.2, 0) is 0 Å². The van der Waals surface area contributed by atoms with Crippen LogP contribution in [0.3, 0.4) is 0 Å². The highest BCUT2D eigenvalue weighted by atomic mass is 19.2. The molecule has 2 rings (SSSR count). The van der Waals surface area contributed by atoms with Crippen molar-refractivity contribution in [1.29, 1.82) is 0 Å². The molecule has 1 nitrogen and oxygen atoms in total. The molecule has 17 heavy (non-hydrogen) atoms. The lowest BCUT2D eigenvalue weighted by Gasteiger charge is -2.39. The lowest BCUT2D eigenvalue weighted by atomic mass is 9.69. The molecule has 94 valence electrons. The molecule has 1 aromatic carbocycles. The molecule has 0 aromatic heterocycles. The van der Waals surface area contributed by atoms with Crippen molar-refractivity contribution in [3.05, 3.63) is 35.4 Å². The van der Waals surface area contributed by atoms with Crippen LogP contribution >= 0.6 is 0 Å². The number of nitrogens with two attached hydrogens (primary N) is 1. The van der Waals surface area contributed by atoms with Gasteiger partial charge in [0, 0.05) is 11.6 Å². The minimum Gasteiger partial charge on any atom is -0.323 e. The van der Waals surface area contributed by atoms with Crippen molar-refractivity contribution in [1.82, 2.24) is 0 Å². The van der Waals surface area contributed by atoms with Gasteiger partial charge in [-0.15, -0.1) is 0 Å². The van der Waals surface area contributed by atoms with Gasteiger partial charge < -0.3 is 5.73 Å². The molecule has 0 radical (unpaired) electrons. The van der Waals surface area contributed by atoms with Gasteiger partial charge in [-0.2, -0.15) is 0 Å². The highest BCUT2D eigenvalue weighted by molar-refractivity contribution is 5.24. The first-order valence-electron chi connectivity index (χ1n) is 6.24. The number of halogens is 2. The van der Waals surface area contributed by atoms with Crippen LogP contribution in [0.4, 0.5) is 8.78 Å². The average molecular weight is 239 g/mol. The summed E-state index contributed by atoms with van der Waals surface area (Å²) < 4.78 is 26.9. The molecule has 1 unspecified atom stereocenters. The van der Waals surface area contributed by atoms with Gasteiger partial charge in [0.05, 0.1) is 0 Å². The third-order valence-corrected chi connectivity index (χ3v) is 4.06. The molecule has 0 amide bonds. The number of benzene rings is 1. The van der Waals surface area contributed by atoms with Crippen molar-refractivity contribution >= 4 is 0 Å². The summed E-state index contributed by atoms with van der Waals surface area (Å²) in [5.41, 5.74) is 6.38. The Morgan fingerprint density at radius 2 is 1.82 bits per heavy atom. The van der Waals surface area contributed by atoms with E-state index in [4.69, 9.17) is 5.73 Å². The summed E-state index contributed by atoms with van der Waals surface area (Å²) in [6.45, 7) is 2.08. The smallest absolute Gasteiger partial charge is 0.163 e. The van der Waals surface area contributed by atoms with Gasteiger partial charge in [-0.3, -0.25) is 0 Å². The zero-order chi connectivity index (χ0) is 12.5. The highest BCUT2D eigenvalue weighted by Crippen LogP contribution is 2.44. The minimum atomic E-state index is -0.808. The van der Waals surface area contributed by atoms with Gasteiger partial charge >= 0.3 is 0 Å². The van der Waals surface area contributed by atoms with Gasteiger partial charge in [-0.1, -0.05) is 38.3 Å². The van der Waals surface area contributed by atoms with E-state index in [-0.39, 0.29) is 5.41 Å². The third-order valence-electron chi connectivity index (χ3n) is 4.06. The highest BCUT2D eigenvalue weighted by Gasteiger charge is 2.35. The Hall–Kier alpha value is -0.960. The molecular weight excluding hydrogens is 220 g/mol. The molecule has 3 heteroatoms. The largest absolute Gasteiger partial charge is 0.323 e. The molecule has 1 aliphatic carbocycles. The van der Waals surface area contributed by atoms with Gasteiger partial charge in [0.2, 0.25) is 0 Å². The van der Waals surface area contributed by atoms with Crippen molar-refractivity contribution in [2.45, 2.75) is 45.1 Å². The summed E-state index contributed by atoms with van der Waals surface area (Å²) in [6.07, 6.45) is 5.45. The van der Waals surface area contributed by atoms with E-state index >= 15 is 0 Å². The zero-order valence-corrected chi connectivity index (χ0v) is 10.2. The first kappa shape index (κ1) is 12.5. The molecule has 0 bridgehead atoms. The van der Waals surface area contributed by atoms with Crippen LogP contribution < -0.4 is 5.73 Å². The maximum Gasteiger partial charge on any atom is 0.163 e. The second-order valence-corrected chi connectivity index (χ2v) is 5.34. The van der Waals surface area contributed by atoms with Crippen LogP contribution in [0.1, 0.15) is 50.6 Å². The number of hydrogen-bond donors (Lipinski definition) is 1. The van der Waals surface area contributed by atoms with Crippen LogP contribution in [0.25, 0.3) is 0 Å². The summed E-state index contributed by atoms with van der Waals surface area (Å²) in [6, 6.07) is 3.84. The van der Waals surface area contributed by atoms with E-state index in [9.17, 15) is 8.78 Å². The van der Waals surface area contributed by atoms with Gasteiger partial charge in [0.25, 0.3) is 0 Å². The quantitative estimate of drug-likeness (QED) is 0.831. The fraction of sp³-hybridized carbons (Fsp3) is 0.571. The van der Waals surface area contributed by atoms with E-state index in [0.717, 1.165) is 31.7 Å². The van der Waals surface area contributed by atoms with E-state index in [1.54, 1.807) is 6.07 Å². The molecule has 2 N–H and O–H groups in total. The van der Waals surface area contributed by atoms with Crippen molar-refractivity contribution in [2.75, 3.05) is 0 Å². The number of hydrogen-bond acceptors (Lipinski definition) is 1. The van der Waals surface area contributed by atoms with E-state index < -0.39 is 17.7 Å². The van der Waals surface area contributed by atoms with Crippen molar-refractivity contribution < 1.29 is 8.78 Å². The molecule has 1 aliphatic rings.